The third-order valence-corrected chi connectivity index (χ3v) is 5.64. The van der Waals surface area contributed by atoms with Crippen LogP contribution in [-0.2, 0) is 0 Å². The maximum absolute atomic E-state index is 12.2. The first-order valence-corrected chi connectivity index (χ1v) is 10.6. The number of pyridine rings is 1. The van der Waals surface area contributed by atoms with Gasteiger partial charge in [-0.25, -0.2) is 0 Å². The smallest absolute Gasteiger partial charge is 0.252 e. The van der Waals surface area contributed by atoms with E-state index >= 15 is 0 Å². The minimum atomic E-state index is -0.0602. The highest BCUT2D eigenvalue weighted by Gasteiger charge is 2.26. The lowest BCUT2D eigenvalue weighted by Gasteiger charge is -2.39. The van der Waals surface area contributed by atoms with Gasteiger partial charge in [-0.05, 0) is 23.3 Å². The molecule has 0 saturated carbocycles. The molecule has 2 heterocycles. The van der Waals surface area contributed by atoms with Gasteiger partial charge >= 0.3 is 0 Å². The minimum Gasteiger partial charge on any atom is -0.351 e. The molecule has 0 spiro atoms. The van der Waals surface area contributed by atoms with Crippen molar-refractivity contribution in [1.82, 2.24) is 20.1 Å². The Morgan fingerprint density at radius 3 is 2.07 bits per heavy atom. The molecule has 2 aromatic carbocycles. The Morgan fingerprint density at radius 2 is 1.50 bits per heavy atom. The van der Waals surface area contributed by atoms with Gasteiger partial charge in [0.2, 0.25) is 0 Å². The number of nitrogens with one attached hydrogen (secondary N) is 1. The average molecular weight is 401 g/mol. The van der Waals surface area contributed by atoms with Crippen molar-refractivity contribution in [3.63, 3.8) is 0 Å². The summed E-state index contributed by atoms with van der Waals surface area (Å²) in [6.07, 6.45) is 3.27. The summed E-state index contributed by atoms with van der Waals surface area (Å²) in [4.78, 5) is 21.2. The van der Waals surface area contributed by atoms with Crippen LogP contribution < -0.4 is 5.32 Å². The second-order valence-electron chi connectivity index (χ2n) is 7.60. The first-order valence-electron chi connectivity index (χ1n) is 10.6. The maximum Gasteiger partial charge on any atom is 0.252 e. The van der Waals surface area contributed by atoms with E-state index in [0.29, 0.717) is 12.1 Å². The molecular formula is C25H28N4O. The molecule has 1 aliphatic heterocycles. The Kier molecular flexibility index (Phi) is 6.85. The van der Waals surface area contributed by atoms with Crippen molar-refractivity contribution >= 4 is 5.91 Å². The molecule has 1 amide bonds. The maximum atomic E-state index is 12.2. The van der Waals surface area contributed by atoms with Crippen LogP contribution in [0.1, 0.15) is 27.5 Å². The number of carbonyl (C=O) groups excluding carboxylic acids is 1. The van der Waals surface area contributed by atoms with Crippen molar-refractivity contribution in [1.29, 1.82) is 0 Å². The fourth-order valence-corrected chi connectivity index (χ4v) is 4.06. The molecule has 5 heteroatoms. The predicted octanol–water partition coefficient (Wildman–Crippen LogP) is 3.22. The molecule has 1 aromatic heterocycles. The van der Waals surface area contributed by atoms with Gasteiger partial charge in [-0.3, -0.25) is 19.6 Å². The first kappa shape index (κ1) is 20.3. The molecular weight excluding hydrogens is 372 g/mol. The summed E-state index contributed by atoms with van der Waals surface area (Å²) in [5, 5.41) is 3.00. The van der Waals surface area contributed by atoms with Crippen LogP contribution in [-0.4, -0.2) is 60.0 Å². The first-order chi connectivity index (χ1) is 14.8. The highest BCUT2D eigenvalue weighted by atomic mass is 16.1. The molecule has 0 unspecified atom stereocenters. The molecule has 1 saturated heterocycles. The lowest BCUT2D eigenvalue weighted by molar-refractivity contribution is 0.0920. The van der Waals surface area contributed by atoms with E-state index < -0.39 is 0 Å². The van der Waals surface area contributed by atoms with E-state index in [9.17, 15) is 4.79 Å². The summed E-state index contributed by atoms with van der Waals surface area (Å²) >= 11 is 0. The van der Waals surface area contributed by atoms with Crippen molar-refractivity contribution < 1.29 is 4.79 Å². The van der Waals surface area contributed by atoms with E-state index in [1.54, 1.807) is 24.5 Å². The average Bonchev–Trinajstić information content (AvgIpc) is 2.82. The Bertz CT molecular complexity index is 870. The molecule has 1 aliphatic rings. The number of benzene rings is 2. The van der Waals surface area contributed by atoms with Gasteiger partial charge in [0.1, 0.15) is 0 Å². The van der Waals surface area contributed by atoms with Crippen LogP contribution in [0.25, 0.3) is 0 Å². The zero-order valence-electron chi connectivity index (χ0n) is 17.2. The second kappa shape index (κ2) is 10.1. The van der Waals surface area contributed by atoms with E-state index in [-0.39, 0.29) is 11.9 Å². The molecule has 1 N–H and O–H groups in total. The lowest BCUT2D eigenvalue weighted by Crippen LogP contribution is -2.49. The zero-order chi connectivity index (χ0) is 20.6. The summed E-state index contributed by atoms with van der Waals surface area (Å²) in [7, 11) is 0. The van der Waals surface area contributed by atoms with Gasteiger partial charge in [-0.1, -0.05) is 60.7 Å². The highest BCUT2D eigenvalue weighted by molar-refractivity contribution is 5.93. The number of nitrogens with zero attached hydrogens (tertiary/aromatic N) is 3. The van der Waals surface area contributed by atoms with Crippen LogP contribution >= 0.6 is 0 Å². The Balaban J connectivity index is 1.32. The quantitative estimate of drug-likeness (QED) is 0.662. The van der Waals surface area contributed by atoms with Crippen LogP contribution in [0.2, 0.25) is 0 Å². The number of piperazine rings is 1. The fraction of sp³-hybridized carbons (Fsp3) is 0.280. The van der Waals surface area contributed by atoms with Crippen molar-refractivity contribution in [3.8, 4) is 0 Å². The van der Waals surface area contributed by atoms with Gasteiger partial charge in [0.05, 0.1) is 11.6 Å². The van der Waals surface area contributed by atoms with Gasteiger partial charge in [0, 0.05) is 51.7 Å². The normalized spacial score (nSPS) is 15.2. The van der Waals surface area contributed by atoms with Gasteiger partial charge in [-0.15, -0.1) is 0 Å². The predicted molar refractivity (Wildman–Crippen MR) is 119 cm³/mol. The Morgan fingerprint density at radius 1 is 0.867 bits per heavy atom. The molecule has 1 fully saturated rings. The number of carbonyl (C=O) groups is 1. The minimum absolute atomic E-state index is 0.0602. The van der Waals surface area contributed by atoms with Crippen LogP contribution in [0.15, 0.2) is 85.2 Å². The standard InChI is InChI=1S/C25H28N4O/c30-25(23-12-7-13-26-20-23)27-14-15-28-16-18-29(19-17-28)24(21-8-3-1-4-9-21)22-10-5-2-6-11-22/h1-13,20,24H,14-19H2,(H,27,30). The SMILES string of the molecule is O=C(NCCN1CCN(C(c2ccccc2)c2ccccc2)CC1)c1cccnc1. The van der Waals surface area contributed by atoms with Crippen molar-refractivity contribution in [2.75, 3.05) is 39.3 Å². The van der Waals surface area contributed by atoms with E-state index in [1.165, 1.54) is 11.1 Å². The topological polar surface area (TPSA) is 48.5 Å². The van der Waals surface area contributed by atoms with Crippen molar-refractivity contribution in [2.45, 2.75) is 6.04 Å². The molecule has 0 radical (unpaired) electrons. The summed E-state index contributed by atoms with van der Waals surface area (Å²) in [5.41, 5.74) is 3.28. The molecule has 0 atom stereocenters. The van der Waals surface area contributed by atoms with Gasteiger partial charge in [0.15, 0.2) is 0 Å². The summed E-state index contributed by atoms with van der Waals surface area (Å²) in [5.74, 6) is -0.0602. The van der Waals surface area contributed by atoms with E-state index in [4.69, 9.17) is 0 Å². The summed E-state index contributed by atoms with van der Waals surface area (Å²) in [6, 6.07) is 25.3. The molecule has 0 aliphatic carbocycles. The summed E-state index contributed by atoms with van der Waals surface area (Å²) in [6.45, 7) is 5.52. The lowest BCUT2D eigenvalue weighted by atomic mass is 9.96. The third kappa shape index (κ3) is 5.12. The number of aromatic nitrogens is 1. The fourth-order valence-electron chi connectivity index (χ4n) is 4.06. The monoisotopic (exact) mass is 400 g/mol. The molecule has 3 aromatic rings. The molecule has 154 valence electrons. The Labute approximate surface area is 178 Å². The van der Waals surface area contributed by atoms with Crippen LogP contribution in [0.3, 0.4) is 0 Å². The van der Waals surface area contributed by atoms with E-state index in [2.05, 4.69) is 80.8 Å². The van der Waals surface area contributed by atoms with E-state index in [0.717, 1.165) is 32.7 Å². The van der Waals surface area contributed by atoms with Gasteiger partial charge < -0.3 is 5.32 Å². The highest BCUT2D eigenvalue weighted by Crippen LogP contribution is 2.29. The number of hydrogen-bond donors (Lipinski definition) is 1. The molecule has 30 heavy (non-hydrogen) atoms. The van der Waals surface area contributed by atoms with Gasteiger partial charge in [0.25, 0.3) is 5.91 Å². The largest absolute Gasteiger partial charge is 0.351 e. The van der Waals surface area contributed by atoms with Crippen LogP contribution in [0.5, 0.6) is 0 Å². The Hall–Kier alpha value is -3.02. The van der Waals surface area contributed by atoms with Crippen molar-refractivity contribution in [3.05, 3.63) is 102 Å². The van der Waals surface area contributed by atoms with Crippen LogP contribution in [0.4, 0.5) is 0 Å². The van der Waals surface area contributed by atoms with Crippen molar-refractivity contribution in [2.24, 2.45) is 0 Å². The zero-order valence-corrected chi connectivity index (χ0v) is 17.2. The number of hydrogen-bond acceptors (Lipinski definition) is 4. The van der Waals surface area contributed by atoms with Gasteiger partial charge in [-0.2, -0.15) is 0 Å². The third-order valence-electron chi connectivity index (χ3n) is 5.64. The van der Waals surface area contributed by atoms with Crippen LogP contribution in [0, 0.1) is 0 Å². The second-order valence-corrected chi connectivity index (χ2v) is 7.60. The molecule has 0 bridgehead atoms. The summed E-state index contributed by atoms with van der Waals surface area (Å²) < 4.78 is 0. The van der Waals surface area contributed by atoms with E-state index in [1.807, 2.05) is 0 Å². The number of rotatable bonds is 7. The molecule has 4 rings (SSSR count). The number of amides is 1. The molecule has 5 nitrogen and oxygen atoms in total.